The molecule has 1 saturated heterocycles. The normalized spacial score (nSPS) is 22.6. The molecule has 1 aliphatic carbocycles. The van der Waals surface area contributed by atoms with Crippen LogP contribution in [-0.2, 0) is 16.6 Å². The van der Waals surface area contributed by atoms with Gasteiger partial charge in [0.15, 0.2) is 11.5 Å². The van der Waals surface area contributed by atoms with Gasteiger partial charge in [0.25, 0.3) is 0 Å². The van der Waals surface area contributed by atoms with E-state index in [2.05, 4.69) is 46.8 Å². The topological polar surface area (TPSA) is 100 Å². The van der Waals surface area contributed by atoms with Crippen molar-refractivity contribution in [2.75, 3.05) is 34.4 Å². The molecule has 4 rings (SSSR count). The fourth-order valence-electron chi connectivity index (χ4n) is 5.60. The Morgan fingerprint density at radius 2 is 1.74 bits per heavy atom. The molecule has 0 aromatic heterocycles. The summed E-state index contributed by atoms with van der Waals surface area (Å²) in [6.45, 7) is 1.70. The van der Waals surface area contributed by atoms with E-state index in [0.717, 1.165) is 50.1 Å². The minimum Gasteiger partial charge on any atom is -0.493 e. The average Bonchev–Trinajstić information content (AvgIpc) is 3.25. The van der Waals surface area contributed by atoms with E-state index in [1.165, 1.54) is 11.1 Å². The summed E-state index contributed by atoms with van der Waals surface area (Å²) in [5.41, 5.74) is 2.64. The number of benzene rings is 2. The lowest BCUT2D eigenvalue weighted by Crippen LogP contribution is -2.53. The maximum Gasteiger partial charge on any atom is 0.490 e. The molecule has 1 saturated carbocycles. The summed E-state index contributed by atoms with van der Waals surface area (Å²) in [5, 5.41) is 13.4. The third-order valence-corrected chi connectivity index (χ3v) is 7.61. The molecule has 2 fully saturated rings. The van der Waals surface area contributed by atoms with Gasteiger partial charge in [0.2, 0.25) is 0 Å². The van der Waals surface area contributed by atoms with Crippen LogP contribution < -0.4 is 20.1 Å². The van der Waals surface area contributed by atoms with Crippen molar-refractivity contribution < 1.29 is 37.3 Å². The summed E-state index contributed by atoms with van der Waals surface area (Å²) < 4.78 is 42.8. The zero-order valence-corrected chi connectivity index (χ0v) is 22.4. The number of methoxy groups -OCH3 is 2. The van der Waals surface area contributed by atoms with Crippen molar-refractivity contribution in [1.82, 2.24) is 15.5 Å². The van der Waals surface area contributed by atoms with Crippen LogP contribution in [0.15, 0.2) is 48.5 Å². The summed E-state index contributed by atoms with van der Waals surface area (Å²) in [6, 6.07) is 17.1. The number of carbonyl (C=O) groups is 2. The van der Waals surface area contributed by atoms with Gasteiger partial charge in [-0.15, -0.1) is 0 Å². The van der Waals surface area contributed by atoms with Crippen molar-refractivity contribution in [3.05, 3.63) is 59.7 Å². The summed E-state index contributed by atoms with van der Waals surface area (Å²) in [4.78, 5) is 23.9. The van der Waals surface area contributed by atoms with Gasteiger partial charge in [-0.1, -0.05) is 36.4 Å². The zero-order valence-electron chi connectivity index (χ0n) is 22.4. The number of carboxylic acids is 1. The van der Waals surface area contributed by atoms with E-state index in [1.807, 2.05) is 24.3 Å². The molecule has 3 atom stereocenters. The van der Waals surface area contributed by atoms with Crippen LogP contribution in [-0.4, -0.2) is 74.6 Å². The fourth-order valence-corrected chi connectivity index (χ4v) is 5.60. The van der Waals surface area contributed by atoms with Gasteiger partial charge in [0.05, 0.1) is 14.2 Å². The quantitative estimate of drug-likeness (QED) is 0.473. The number of nitrogens with one attached hydrogen (secondary N) is 2. The number of alkyl halides is 3. The van der Waals surface area contributed by atoms with Gasteiger partial charge in [-0.3, -0.25) is 0 Å². The fraction of sp³-hybridized carbons (Fsp3) is 0.500. The number of fused-ring (bicyclic) bond motifs is 1. The molecule has 39 heavy (non-hydrogen) atoms. The highest BCUT2D eigenvalue weighted by Gasteiger charge is 2.50. The zero-order chi connectivity index (χ0) is 28.6. The van der Waals surface area contributed by atoms with Crippen LogP contribution in [0.2, 0.25) is 0 Å². The van der Waals surface area contributed by atoms with Crippen molar-refractivity contribution in [1.29, 1.82) is 0 Å². The molecule has 2 aliphatic rings. The number of urea groups is 1. The van der Waals surface area contributed by atoms with Crippen molar-refractivity contribution >= 4 is 12.0 Å². The van der Waals surface area contributed by atoms with Gasteiger partial charge in [-0.05, 0) is 69.0 Å². The van der Waals surface area contributed by atoms with Crippen molar-refractivity contribution in [3.63, 3.8) is 0 Å². The number of nitrogens with zero attached hydrogens (tertiary/aromatic N) is 1. The first kappa shape index (κ1) is 30.1. The first-order valence-corrected chi connectivity index (χ1v) is 12.8. The molecule has 2 aromatic carbocycles. The first-order chi connectivity index (χ1) is 18.5. The molecule has 0 radical (unpaired) electrons. The second kappa shape index (κ2) is 13.1. The number of likely N-dealkylation sites (tertiary alicyclic amines) is 1. The monoisotopic (exact) mass is 551 g/mol. The second-order valence-corrected chi connectivity index (χ2v) is 9.88. The lowest BCUT2D eigenvalue weighted by Gasteiger charge is -2.45. The molecule has 1 heterocycles. The van der Waals surface area contributed by atoms with E-state index in [0.29, 0.717) is 12.6 Å². The van der Waals surface area contributed by atoms with Gasteiger partial charge in [-0.2, -0.15) is 13.2 Å². The molecule has 1 aliphatic heterocycles. The molecule has 214 valence electrons. The van der Waals surface area contributed by atoms with E-state index < -0.39 is 12.1 Å². The maximum absolute atomic E-state index is 12.5. The number of carboxylic acid groups (broad SMARTS) is 1. The van der Waals surface area contributed by atoms with Crippen LogP contribution >= 0.6 is 0 Å². The molecular weight excluding hydrogens is 515 g/mol. The van der Waals surface area contributed by atoms with E-state index >= 15 is 0 Å². The van der Waals surface area contributed by atoms with Crippen LogP contribution in [0.1, 0.15) is 36.8 Å². The van der Waals surface area contributed by atoms with Crippen molar-refractivity contribution in [2.45, 2.75) is 55.8 Å². The molecule has 2 aromatic rings. The van der Waals surface area contributed by atoms with Crippen LogP contribution in [0.5, 0.6) is 11.5 Å². The SMILES string of the molecule is COc1ccc([C@@]23CC[C@@H](NC(=O)NCCc4ccccc4)C[C@@H]2N(C)CC3)cc1OC.O=C(O)C(F)(F)F. The van der Waals surface area contributed by atoms with E-state index in [4.69, 9.17) is 19.4 Å². The Balaban J connectivity index is 0.000000532. The highest BCUT2D eigenvalue weighted by Crippen LogP contribution is 2.49. The smallest absolute Gasteiger partial charge is 0.490 e. The number of aliphatic carboxylic acids is 1. The minimum absolute atomic E-state index is 0.0646. The van der Waals surface area contributed by atoms with Gasteiger partial charge < -0.3 is 30.1 Å². The Morgan fingerprint density at radius 1 is 1.08 bits per heavy atom. The number of likely N-dealkylation sites (N-methyl/N-ethyl adjacent to an activating group) is 1. The number of hydrogen-bond acceptors (Lipinski definition) is 5. The summed E-state index contributed by atoms with van der Waals surface area (Å²) in [7, 11) is 5.56. The predicted molar refractivity (Wildman–Crippen MR) is 140 cm³/mol. The maximum atomic E-state index is 12.5. The number of halogens is 3. The van der Waals surface area contributed by atoms with Crippen LogP contribution in [0, 0.1) is 0 Å². The molecule has 3 N–H and O–H groups in total. The first-order valence-electron chi connectivity index (χ1n) is 12.8. The van der Waals surface area contributed by atoms with Gasteiger partial charge in [0, 0.05) is 24.0 Å². The third-order valence-electron chi connectivity index (χ3n) is 7.61. The van der Waals surface area contributed by atoms with Crippen LogP contribution in [0.25, 0.3) is 0 Å². The minimum atomic E-state index is -5.08. The average molecular weight is 552 g/mol. The van der Waals surface area contributed by atoms with Gasteiger partial charge >= 0.3 is 18.2 Å². The summed E-state index contributed by atoms with van der Waals surface area (Å²) >= 11 is 0. The number of hydrogen-bond donors (Lipinski definition) is 3. The van der Waals surface area contributed by atoms with Crippen molar-refractivity contribution in [3.8, 4) is 11.5 Å². The number of rotatable bonds is 7. The summed E-state index contributed by atoms with van der Waals surface area (Å²) in [6.07, 6.45) is -0.138. The van der Waals surface area contributed by atoms with E-state index in [9.17, 15) is 18.0 Å². The largest absolute Gasteiger partial charge is 0.493 e. The van der Waals surface area contributed by atoms with Crippen LogP contribution in [0.3, 0.4) is 0 Å². The van der Waals surface area contributed by atoms with E-state index in [-0.39, 0.29) is 17.5 Å². The number of carbonyl (C=O) groups excluding carboxylic acids is 1. The Labute approximate surface area is 226 Å². The third kappa shape index (κ3) is 7.56. The molecule has 2 amide bonds. The lowest BCUT2D eigenvalue weighted by atomic mass is 9.65. The lowest BCUT2D eigenvalue weighted by molar-refractivity contribution is -0.192. The molecule has 0 spiro atoms. The van der Waals surface area contributed by atoms with Crippen LogP contribution in [0.4, 0.5) is 18.0 Å². The molecule has 8 nitrogen and oxygen atoms in total. The Kier molecular flexibility index (Phi) is 10.1. The van der Waals surface area contributed by atoms with E-state index in [1.54, 1.807) is 14.2 Å². The Morgan fingerprint density at radius 3 is 2.36 bits per heavy atom. The summed E-state index contributed by atoms with van der Waals surface area (Å²) in [5.74, 6) is -1.21. The number of ether oxygens (including phenoxy) is 2. The van der Waals surface area contributed by atoms with Gasteiger partial charge in [0.1, 0.15) is 0 Å². The highest BCUT2D eigenvalue weighted by molar-refractivity contribution is 5.74. The Bertz CT molecular complexity index is 1120. The standard InChI is InChI=1S/C26H35N3O3.C2HF3O2/c1-29-16-14-26(20-9-10-22(31-2)23(17-20)32-3)13-11-21(18-24(26)29)28-25(30)27-15-12-19-7-5-4-6-8-19;3-2(4,5)1(6)7/h4-10,17,21,24H,11-16,18H2,1-3H3,(H2,27,28,30);(H,6,7)/t21-,24+,26+;/m1./s1. The Hall–Kier alpha value is -3.47. The second-order valence-electron chi connectivity index (χ2n) is 9.88. The van der Waals surface area contributed by atoms with Gasteiger partial charge in [-0.25, -0.2) is 9.59 Å². The predicted octanol–water partition coefficient (Wildman–Crippen LogP) is 4.37. The van der Waals surface area contributed by atoms with Crippen molar-refractivity contribution in [2.24, 2.45) is 0 Å². The molecule has 11 heteroatoms. The molecule has 0 unspecified atom stereocenters. The number of amides is 2. The molecular formula is C28H36F3N3O5. The highest BCUT2D eigenvalue weighted by atomic mass is 19.4. The molecule has 0 bridgehead atoms.